The minimum Gasteiger partial charge on any atom is -0.342 e. The lowest BCUT2D eigenvalue weighted by Crippen LogP contribution is -1.90. The van der Waals surface area contributed by atoms with Gasteiger partial charge < -0.3 is 4.98 Å². The molecule has 0 amide bonds. The van der Waals surface area contributed by atoms with Gasteiger partial charge in [0.2, 0.25) is 5.28 Å². The van der Waals surface area contributed by atoms with Gasteiger partial charge in [0, 0.05) is 11.3 Å². The topological polar surface area (TPSA) is 54.5 Å². The van der Waals surface area contributed by atoms with Crippen molar-refractivity contribution in [3.8, 4) is 11.3 Å². The molecule has 0 unspecified atom stereocenters. The maximum Gasteiger partial charge on any atom is 0.223 e. The molecule has 2 heterocycles. The molecule has 4 nitrogen and oxygen atoms in total. The number of aryl methyl sites for hydroxylation is 2. The SMILES string of the molecule is Cc1cc(-c2ccc3nc(C)[nH]c3c2)nc(Cl)n1. The van der Waals surface area contributed by atoms with Gasteiger partial charge in [0.25, 0.3) is 0 Å². The van der Waals surface area contributed by atoms with E-state index < -0.39 is 0 Å². The van der Waals surface area contributed by atoms with Crippen molar-refractivity contribution >= 4 is 22.6 Å². The first-order valence-corrected chi connectivity index (χ1v) is 5.97. The molecule has 0 aliphatic carbocycles. The van der Waals surface area contributed by atoms with Crippen molar-refractivity contribution in [2.24, 2.45) is 0 Å². The first-order chi connectivity index (χ1) is 8.61. The van der Waals surface area contributed by atoms with Crippen molar-refractivity contribution in [3.63, 3.8) is 0 Å². The van der Waals surface area contributed by atoms with E-state index in [4.69, 9.17) is 11.6 Å². The summed E-state index contributed by atoms with van der Waals surface area (Å²) in [5, 5.41) is 0.269. The Labute approximate surface area is 109 Å². The maximum atomic E-state index is 5.88. The molecule has 0 saturated heterocycles. The van der Waals surface area contributed by atoms with Gasteiger partial charge in [0.1, 0.15) is 5.82 Å². The minimum atomic E-state index is 0.269. The van der Waals surface area contributed by atoms with Crippen molar-refractivity contribution < 1.29 is 0 Å². The number of rotatable bonds is 1. The highest BCUT2D eigenvalue weighted by Gasteiger charge is 2.06. The molecule has 0 aliphatic heterocycles. The van der Waals surface area contributed by atoms with E-state index in [1.54, 1.807) is 0 Å². The second-order valence-corrected chi connectivity index (χ2v) is 4.56. The van der Waals surface area contributed by atoms with Gasteiger partial charge in [-0.15, -0.1) is 0 Å². The van der Waals surface area contributed by atoms with Crippen LogP contribution in [0.15, 0.2) is 24.3 Å². The Kier molecular flexibility index (Phi) is 2.52. The van der Waals surface area contributed by atoms with Crippen LogP contribution >= 0.6 is 11.6 Å². The highest BCUT2D eigenvalue weighted by molar-refractivity contribution is 6.28. The summed E-state index contributed by atoms with van der Waals surface area (Å²) in [6.45, 7) is 3.83. The molecule has 2 aromatic heterocycles. The maximum absolute atomic E-state index is 5.88. The summed E-state index contributed by atoms with van der Waals surface area (Å²) < 4.78 is 0. The Morgan fingerprint density at radius 1 is 1.06 bits per heavy atom. The summed E-state index contributed by atoms with van der Waals surface area (Å²) in [7, 11) is 0. The van der Waals surface area contributed by atoms with E-state index >= 15 is 0 Å². The van der Waals surface area contributed by atoms with E-state index in [0.717, 1.165) is 33.8 Å². The van der Waals surface area contributed by atoms with Crippen LogP contribution in [0.1, 0.15) is 11.5 Å². The van der Waals surface area contributed by atoms with Crippen LogP contribution in [-0.2, 0) is 0 Å². The summed E-state index contributed by atoms with van der Waals surface area (Å²) in [6, 6.07) is 7.89. The van der Waals surface area contributed by atoms with Gasteiger partial charge in [0.05, 0.1) is 16.7 Å². The van der Waals surface area contributed by atoms with Crippen LogP contribution in [0.4, 0.5) is 0 Å². The lowest BCUT2D eigenvalue weighted by Gasteiger charge is -2.02. The summed E-state index contributed by atoms with van der Waals surface area (Å²) in [5.41, 5.74) is 4.62. The zero-order chi connectivity index (χ0) is 12.7. The molecule has 0 aliphatic rings. The predicted octanol–water partition coefficient (Wildman–Crippen LogP) is 3.29. The number of fused-ring (bicyclic) bond motifs is 1. The van der Waals surface area contributed by atoms with Crippen molar-refractivity contribution in [1.29, 1.82) is 0 Å². The van der Waals surface area contributed by atoms with Crippen molar-refractivity contribution in [3.05, 3.63) is 41.1 Å². The molecular weight excluding hydrogens is 248 g/mol. The fraction of sp³-hybridized carbons (Fsp3) is 0.154. The van der Waals surface area contributed by atoms with Gasteiger partial charge >= 0.3 is 0 Å². The van der Waals surface area contributed by atoms with Crippen molar-refractivity contribution in [2.75, 3.05) is 0 Å². The molecule has 1 N–H and O–H groups in total. The van der Waals surface area contributed by atoms with Gasteiger partial charge in [-0.2, -0.15) is 0 Å². The number of hydrogen-bond donors (Lipinski definition) is 1. The number of halogens is 1. The third kappa shape index (κ3) is 1.95. The average Bonchev–Trinajstić information content (AvgIpc) is 2.66. The van der Waals surface area contributed by atoms with Crippen LogP contribution in [0.3, 0.4) is 0 Å². The number of H-pyrrole nitrogens is 1. The molecule has 0 saturated carbocycles. The van der Waals surface area contributed by atoms with Gasteiger partial charge in [-0.1, -0.05) is 6.07 Å². The third-order valence-corrected chi connectivity index (χ3v) is 2.89. The zero-order valence-electron chi connectivity index (χ0n) is 10.0. The summed E-state index contributed by atoms with van der Waals surface area (Å²) in [6.07, 6.45) is 0. The smallest absolute Gasteiger partial charge is 0.223 e. The number of imidazole rings is 1. The number of aromatic nitrogens is 4. The van der Waals surface area contributed by atoms with E-state index in [1.807, 2.05) is 38.1 Å². The Bertz CT molecular complexity index is 713. The lowest BCUT2D eigenvalue weighted by molar-refractivity contribution is 1.11. The van der Waals surface area contributed by atoms with Crippen LogP contribution in [0.2, 0.25) is 5.28 Å². The summed E-state index contributed by atoms with van der Waals surface area (Å²) in [4.78, 5) is 15.9. The number of nitrogens with zero attached hydrogens (tertiary/aromatic N) is 3. The van der Waals surface area contributed by atoms with Gasteiger partial charge in [0.15, 0.2) is 0 Å². The van der Waals surface area contributed by atoms with E-state index in [-0.39, 0.29) is 5.28 Å². The van der Waals surface area contributed by atoms with Gasteiger partial charge in [-0.3, -0.25) is 0 Å². The molecule has 3 rings (SSSR count). The third-order valence-electron chi connectivity index (χ3n) is 2.72. The van der Waals surface area contributed by atoms with E-state index in [0.29, 0.717) is 0 Å². The molecular formula is C13H11ClN4. The van der Waals surface area contributed by atoms with Crippen molar-refractivity contribution in [1.82, 2.24) is 19.9 Å². The molecule has 5 heteroatoms. The molecule has 1 aromatic carbocycles. The highest BCUT2D eigenvalue weighted by atomic mass is 35.5. The largest absolute Gasteiger partial charge is 0.342 e. The summed E-state index contributed by atoms with van der Waals surface area (Å²) in [5.74, 6) is 0.902. The number of aromatic amines is 1. The van der Waals surface area contributed by atoms with Crippen LogP contribution in [0.25, 0.3) is 22.3 Å². The number of nitrogens with one attached hydrogen (secondary N) is 1. The Morgan fingerprint density at radius 3 is 2.67 bits per heavy atom. The normalized spacial score (nSPS) is 11.1. The molecule has 18 heavy (non-hydrogen) atoms. The Morgan fingerprint density at radius 2 is 1.89 bits per heavy atom. The minimum absolute atomic E-state index is 0.269. The lowest BCUT2D eigenvalue weighted by atomic mass is 10.1. The molecule has 0 radical (unpaired) electrons. The van der Waals surface area contributed by atoms with E-state index in [1.165, 1.54) is 0 Å². The van der Waals surface area contributed by atoms with E-state index in [9.17, 15) is 0 Å². The standard InChI is InChI=1S/C13H11ClN4/c1-7-5-11(18-13(14)15-7)9-3-4-10-12(6-9)17-8(2)16-10/h3-6H,1-2H3,(H,16,17). The Balaban J connectivity index is 2.18. The first kappa shape index (κ1) is 11.2. The molecule has 90 valence electrons. The number of hydrogen-bond acceptors (Lipinski definition) is 3. The second-order valence-electron chi connectivity index (χ2n) is 4.22. The molecule has 3 aromatic rings. The summed E-state index contributed by atoms with van der Waals surface area (Å²) >= 11 is 5.88. The van der Waals surface area contributed by atoms with Crippen LogP contribution in [0.5, 0.6) is 0 Å². The molecule has 0 bridgehead atoms. The highest BCUT2D eigenvalue weighted by Crippen LogP contribution is 2.23. The fourth-order valence-corrected chi connectivity index (χ4v) is 2.20. The van der Waals surface area contributed by atoms with Gasteiger partial charge in [-0.25, -0.2) is 15.0 Å². The number of benzene rings is 1. The molecule has 0 fully saturated rings. The van der Waals surface area contributed by atoms with Crippen molar-refractivity contribution in [2.45, 2.75) is 13.8 Å². The predicted molar refractivity (Wildman–Crippen MR) is 71.6 cm³/mol. The fourth-order valence-electron chi connectivity index (χ4n) is 1.98. The molecule has 0 atom stereocenters. The first-order valence-electron chi connectivity index (χ1n) is 5.60. The second kappa shape index (κ2) is 4.07. The van der Waals surface area contributed by atoms with E-state index in [2.05, 4.69) is 19.9 Å². The van der Waals surface area contributed by atoms with Crippen LogP contribution < -0.4 is 0 Å². The zero-order valence-corrected chi connectivity index (χ0v) is 10.8. The van der Waals surface area contributed by atoms with Crippen LogP contribution in [0, 0.1) is 13.8 Å². The van der Waals surface area contributed by atoms with Crippen LogP contribution in [-0.4, -0.2) is 19.9 Å². The average molecular weight is 259 g/mol. The van der Waals surface area contributed by atoms with Gasteiger partial charge in [-0.05, 0) is 43.6 Å². The quantitative estimate of drug-likeness (QED) is 0.682. The monoisotopic (exact) mass is 258 g/mol. The molecule has 0 spiro atoms. The Hall–Kier alpha value is -1.94.